The van der Waals surface area contributed by atoms with E-state index in [4.69, 9.17) is 10.2 Å². The van der Waals surface area contributed by atoms with Crippen LogP contribution in [0.4, 0.5) is 0 Å². The molecule has 1 aliphatic rings. The van der Waals surface area contributed by atoms with Gasteiger partial charge in [-0.2, -0.15) is 5.53 Å². The van der Waals surface area contributed by atoms with E-state index in [1.165, 1.54) is 0 Å². The van der Waals surface area contributed by atoms with Crippen LogP contribution < -0.4 is 16.4 Å². The highest BCUT2D eigenvalue weighted by atomic mass is 16.4. The first kappa shape index (κ1) is 11.9. The summed E-state index contributed by atoms with van der Waals surface area (Å²) in [4.78, 5) is 21.5. The smallest absolute Gasteiger partial charge is 0.322 e. The molecule has 86 valence electrons. The van der Waals surface area contributed by atoms with Crippen molar-refractivity contribution < 1.29 is 19.8 Å². The van der Waals surface area contributed by atoms with Gasteiger partial charge in [0.2, 0.25) is 0 Å². The molecule has 0 saturated carbocycles. The molecule has 2 atom stereocenters. The summed E-state index contributed by atoms with van der Waals surface area (Å²) >= 11 is 0. The first-order chi connectivity index (χ1) is 7.11. The highest BCUT2D eigenvalue weighted by molar-refractivity contribution is 5.73. The molecule has 7 heteroatoms. The number of nitrogens with one attached hydrogen (secondary N) is 3. The predicted octanol–water partition coefficient (Wildman–Crippen LogP) is -1.08. The minimum atomic E-state index is -0.990. The van der Waals surface area contributed by atoms with Crippen LogP contribution in [0.2, 0.25) is 0 Å². The molecule has 1 saturated heterocycles. The monoisotopic (exact) mass is 217 g/mol. The maximum absolute atomic E-state index is 10.8. The lowest BCUT2D eigenvalue weighted by molar-refractivity contribution is -0.143. The van der Waals surface area contributed by atoms with E-state index in [2.05, 4.69) is 16.4 Å². The normalized spacial score (nSPS) is 28.5. The molecule has 0 aromatic rings. The maximum atomic E-state index is 10.8. The molecule has 1 rings (SSSR count). The topological polar surface area (TPSA) is 111 Å². The van der Waals surface area contributed by atoms with E-state index in [0.717, 1.165) is 0 Å². The molecule has 0 bridgehead atoms. The first-order valence-corrected chi connectivity index (χ1v) is 4.80. The van der Waals surface area contributed by atoms with Gasteiger partial charge >= 0.3 is 11.9 Å². The van der Waals surface area contributed by atoms with Gasteiger partial charge < -0.3 is 10.2 Å². The van der Waals surface area contributed by atoms with Gasteiger partial charge in [-0.15, -0.1) is 0 Å². The number of hydrazine groups is 2. The largest absolute Gasteiger partial charge is 0.481 e. The Kier molecular flexibility index (Phi) is 4.47. The quantitative estimate of drug-likeness (QED) is 0.400. The van der Waals surface area contributed by atoms with Crippen LogP contribution >= 0.6 is 0 Å². The van der Waals surface area contributed by atoms with Gasteiger partial charge in [-0.05, 0) is 19.3 Å². The van der Waals surface area contributed by atoms with Crippen molar-refractivity contribution in [1.82, 2.24) is 16.4 Å². The summed E-state index contributed by atoms with van der Waals surface area (Å²) in [5.41, 5.74) is 7.82. The van der Waals surface area contributed by atoms with Crippen LogP contribution in [0.25, 0.3) is 0 Å². The number of aliphatic carboxylic acids is 2. The SMILES string of the molecule is O=C(O)C1CCNNNC(C(=O)O)CC1. The Balaban J connectivity index is 2.54. The molecule has 1 fully saturated rings. The van der Waals surface area contributed by atoms with E-state index in [-0.39, 0.29) is 0 Å². The number of rotatable bonds is 2. The molecule has 0 radical (unpaired) electrons. The van der Waals surface area contributed by atoms with Crippen molar-refractivity contribution in [2.45, 2.75) is 25.3 Å². The van der Waals surface area contributed by atoms with Gasteiger partial charge in [-0.25, -0.2) is 10.9 Å². The lowest BCUT2D eigenvalue weighted by atomic mass is 9.97. The third-order valence-electron chi connectivity index (χ3n) is 2.40. The zero-order valence-corrected chi connectivity index (χ0v) is 8.19. The van der Waals surface area contributed by atoms with E-state index in [0.29, 0.717) is 25.8 Å². The number of carbonyl (C=O) groups is 2. The van der Waals surface area contributed by atoms with Crippen LogP contribution in [0.5, 0.6) is 0 Å². The molecule has 1 aliphatic heterocycles. The van der Waals surface area contributed by atoms with Crippen molar-refractivity contribution >= 4 is 11.9 Å². The van der Waals surface area contributed by atoms with Gasteiger partial charge in [-0.3, -0.25) is 9.59 Å². The van der Waals surface area contributed by atoms with E-state index < -0.39 is 23.9 Å². The molecule has 0 aromatic heterocycles. The van der Waals surface area contributed by atoms with E-state index in [1.54, 1.807) is 0 Å². The molecular formula is C8H15N3O4. The molecule has 0 spiro atoms. The third-order valence-corrected chi connectivity index (χ3v) is 2.40. The fraction of sp³-hybridized carbons (Fsp3) is 0.750. The Bertz CT molecular complexity index is 222. The van der Waals surface area contributed by atoms with Crippen LogP contribution in [0.1, 0.15) is 19.3 Å². The summed E-state index contributed by atoms with van der Waals surface area (Å²) in [6.07, 6.45) is 1.14. The van der Waals surface area contributed by atoms with E-state index in [9.17, 15) is 9.59 Å². The Morgan fingerprint density at radius 1 is 1.07 bits per heavy atom. The molecule has 7 nitrogen and oxygen atoms in total. The summed E-state index contributed by atoms with van der Waals surface area (Å²) in [5.74, 6) is -2.35. The molecule has 0 aliphatic carbocycles. The second-order valence-corrected chi connectivity index (χ2v) is 3.49. The van der Waals surface area contributed by atoms with Crippen molar-refractivity contribution in [3.05, 3.63) is 0 Å². The summed E-state index contributed by atoms with van der Waals surface area (Å²) in [5, 5.41) is 17.6. The van der Waals surface area contributed by atoms with Gasteiger partial charge in [-0.1, -0.05) is 0 Å². The van der Waals surface area contributed by atoms with Crippen LogP contribution in [0.15, 0.2) is 0 Å². The minimum absolute atomic E-state index is 0.293. The van der Waals surface area contributed by atoms with Gasteiger partial charge in [0.1, 0.15) is 6.04 Å². The Morgan fingerprint density at radius 3 is 2.40 bits per heavy atom. The fourth-order valence-corrected chi connectivity index (χ4v) is 1.46. The molecule has 1 heterocycles. The first-order valence-electron chi connectivity index (χ1n) is 4.80. The maximum Gasteiger partial charge on any atom is 0.322 e. The number of hydrogen-bond acceptors (Lipinski definition) is 5. The molecule has 0 aromatic carbocycles. The second kappa shape index (κ2) is 5.64. The van der Waals surface area contributed by atoms with E-state index in [1.807, 2.05) is 0 Å². The summed E-state index contributed by atoms with van der Waals surface area (Å²) < 4.78 is 0. The molecular weight excluding hydrogens is 202 g/mol. The Hall–Kier alpha value is -1.18. The average Bonchev–Trinajstić information content (AvgIpc) is 2.27. The number of hydrogen-bond donors (Lipinski definition) is 5. The lowest BCUT2D eigenvalue weighted by Crippen LogP contribution is -2.51. The van der Waals surface area contributed by atoms with Crippen molar-refractivity contribution in [2.75, 3.05) is 6.54 Å². The third kappa shape index (κ3) is 3.82. The molecule has 2 unspecified atom stereocenters. The standard InChI is InChI=1S/C8H15N3O4/c12-7(13)5-1-2-6(8(14)15)10-11-9-4-3-5/h5-6,9-11H,1-4H2,(H,12,13)(H,14,15). The van der Waals surface area contributed by atoms with Crippen molar-refractivity contribution in [3.63, 3.8) is 0 Å². The molecule has 15 heavy (non-hydrogen) atoms. The zero-order valence-electron chi connectivity index (χ0n) is 8.19. The average molecular weight is 217 g/mol. The summed E-state index contributed by atoms with van der Waals surface area (Å²) in [6.45, 7) is 0.482. The van der Waals surface area contributed by atoms with Gasteiger partial charge in [0.05, 0.1) is 5.92 Å². The highest BCUT2D eigenvalue weighted by Gasteiger charge is 2.23. The van der Waals surface area contributed by atoms with Crippen LogP contribution in [-0.4, -0.2) is 34.7 Å². The summed E-state index contributed by atoms with van der Waals surface area (Å²) in [7, 11) is 0. The summed E-state index contributed by atoms with van der Waals surface area (Å²) in [6, 6.07) is -0.766. The van der Waals surface area contributed by atoms with Crippen molar-refractivity contribution in [3.8, 4) is 0 Å². The van der Waals surface area contributed by atoms with Crippen LogP contribution in [-0.2, 0) is 9.59 Å². The molecule has 5 N–H and O–H groups in total. The van der Waals surface area contributed by atoms with Gasteiger partial charge in [0, 0.05) is 6.54 Å². The number of carboxylic acid groups (broad SMARTS) is 2. The Labute approximate surface area is 86.8 Å². The van der Waals surface area contributed by atoms with Gasteiger partial charge in [0.15, 0.2) is 0 Å². The number of carboxylic acids is 2. The van der Waals surface area contributed by atoms with Gasteiger partial charge in [0.25, 0.3) is 0 Å². The zero-order chi connectivity index (χ0) is 11.3. The highest BCUT2D eigenvalue weighted by Crippen LogP contribution is 2.13. The molecule has 0 amide bonds. The predicted molar refractivity (Wildman–Crippen MR) is 50.7 cm³/mol. The lowest BCUT2D eigenvalue weighted by Gasteiger charge is -2.14. The second-order valence-electron chi connectivity index (χ2n) is 3.49. The fourth-order valence-electron chi connectivity index (χ4n) is 1.46. The minimum Gasteiger partial charge on any atom is -0.481 e. The van der Waals surface area contributed by atoms with E-state index >= 15 is 0 Å². The van der Waals surface area contributed by atoms with Crippen LogP contribution in [0.3, 0.4) is 0 Å². The Morgan fingerprint density at radius 2 is 1.80 bits per heavy atom. The van der Waals surface area contributed by atoms with Crippen molar-refractivity contribution in [1.29, 1.82) is 0 Å². The van der Waals surface area contributed by atoms with Crippen molar-refractivity contribution in [2.24, 2.45) is 5.92 Å². The van der Waals surface area contributed by atoms with Crippen LogP contribution in [0, 0.1) is 5.92 Å².